The van der Waals surface area contributed by atoms with E-state index in [0.717, 1.165) is 0 Å². The molecule has 1 aromatic carbocycles. The quantitative estimate of drug-likeness (QED) is 0.505. The molecule has 20 heavy (non-hydrogen) atoms. The third kappa shape index (κ3) is 4.32. The van der Waals surface area contributed by atoms with E-state index in [1.165, 1.54) is 6.07 Å². The molecule has 0 bridgehead atoms. The lowest BCUT2D eigenvalue weighted by atomic mass is 10.1. The van der Waals surface area contributed by atoms with Gasteiger partial charge in [0.05, 0.1) is 18.0 Å². The topological polar surface area (TPSA) is 127 Å². The van der Waals surface area contributed by atoms with Gasteiger partial charge < -0.3 is 16.4 Å². The molecular weight excluding hydrogens is 264 g/mol. The predicted molar refractivity (Wildman–Crippen MR) is 73.2 cm³/mol. The Balaban J connectivity index is 2.73. The molecule has 8 heteroatoms. The Labute approximate surface area is 115 Å². The van der Waals surface area contributed by atoms with Crippen LogP contribution in [0.4, 0.5) is 11.4 Å². The summed E-state index contributed by atoms with van der Waals surface area (Å²) in [6, 6.07) is 4.46. The van der Waals surface area contributed by atoms with Crippen LogP contribution in [0.5, 0.6) is 0 Å². The van der Waals surface area contributed by atoms with Gasteiger partial charge in [0.25, 0.3) is 5.69 Å². The summed E-state index contributed by atoms with van der Waals surface area (Å²) in [5.41, 5.74) is 5.93. The van der Waals surface area contributed by atoms with Gasteiger partial charge in [0.2, 0.25) is 11.8 Å². The molecule has 2 amide bonds. The van der Waals surface area contributed by atoms with Gasteiger partial charge in [-0.2, -0.15) is 0 Å². The van der Waals surface area contributed by atoms with Gasteiger partial charge >= 0.3 is 0 Å². The monoisotopic (exact) mass is 280 g/mol. The van der Waals surface area contributed by atoms with E-state index in [9.17, 15) is 19.7 Å². The molecule has 1 rings (SSSR count). The van der Waals surface area contributed by atoms with Crippen molar-refractivity contribution < 1.29 is 14.5 Å². The molecule has 108 valence electrons. The van der Waals surface area contributed by atoms with Gasteiger partial charge in [0, 0.05) is 17.3 Å². The molecule has 0 unspecified atom stereocenters. The standard InChI is InChI=1S/C12H16N4O4/c1-2-8-3-4-9(5-10(8)16(19)20)15-12(18)7-14-11(17)6-13/h3-5H,2,6-7,13H2,1H3,(H,14,17)(H,15,18). The average Bonchev–Trinajstić information content (AvgIpc) is 2.44. The lowest BCUT2D eigenvalue weighted by Gasteiger charge is -2.07. The number of carbonyl (C=O) groups excluding carboxylic acids is 2. The van der Waals surface area contributed by atoms with Crippen molar-refractivity contribution in [3.63, 3.8) is 0 Å². The van der Waals surface area contributed by atoms with Gasteiger partial charge in [-0.15, -0.1) is 0 Å². The van der Waals surface area contributed by atoms with Crippen LogP contribution in [0.25, 0.3) is 0 Å². The van der Waals surface area contributed by atoms with Gasteiger partial charge in [-0.25, -0.2) is 0 Å². The molecule has 4 N–H and O–H groups in total. The minimum Gasteiger partial charge on any atom is -0.346 e. The first kappa shape index (κ1) is 15.6. The summed E-state index contributed by atoms with van der Waals surface area (Å²) in [6.07, 6.45) is 0.525. The SMILES string of the molecule is CCc1ccc(NC(=O)CNC(=O)CN)cc1[N+](=O)[O-]. The van der Waals surface area contributed by atoms with Crippen molar-refractivity contribution >= 4 is 23.2 Å². The zero-order valence-corrected chi connectivity index (χ0v) is 11.0. The van der Waals surface area contributed by atoms with E-state index in [1.807, 2.05) is 6.92 Å². The number of rotatable bonds is 6. The molecule has 0 aromatic heterocycles. The third-order valence-corrected chi connectivity index (χ3v) is 2.58. The molecule has 0 heterocycles. The summed E-state index contributed by atoms with van der Waals surface area (Å²) in [5, 5.41) is 15.7. The van der Waals surface area contributed by atoms with Crippen LogP contribution in [0.3, 0.4) is 0 Å². The fourth-order valence-corrected chi connectivity index (χ4v) is 1.57. The maximum Gasteiger partial charge on any atom is 0.274 e. The number of nitrogens with one attached hydrogen (secondary N) is 2. The van der Waals surface area contributed by atoms with E-state index in [0.29, 0.717) is 17.7 Å². The third-order valence-electron chi connectivity index (χ3n) is 2.58. The summed E-state index contributed by atoms with van der Waals surface area (Å²) in [5.74, 6) is -0.933. The molecule has 0 saturated carbocycles. The lowest BCUT2D eigenvalue weighted by Crippen LogP contribution is -2.36. The van der Waals surface area contributed by atoms with Crippen LogP contribution in [0.2, 0.25) is 0 Å². The summed E-state index contributed by atoms with van der Waals surface area (Å²) < 4.78 is 0. The second-order valence-electron chi connectivity index (χ2n) is 3.98. The van der Waals surface area contributed by atoms with E-state index < -0.39 is 16.7 Å². The van der Waals surface area contributed by atoms with Crippen LogP contribution in [-0.4, -0.2) is 29.8 Å². The molecule has 0 atom stereocenters. The maximum atomic E-state index is 11.5. The predicted octanol–water partition coefficient (Wildman–Crippen LogP) is 0.171. The number of hydrogen-bond acceptors (Lipinski definition) is 5. The van der Waals surface area contributed by atoms with E-state index >= 15 is 0 Å². The smallest absolute Gasteiger partial charge is 0.274 e. The molecule has 0 fully saturated rings. The number of nitro groups is 1. The lowest BCUT2D eigenvalue weighted by molar-refractivity contribution is -0.385. The van der Waals surface area contributed by atoms with Crippen LogP contribution in [-0.2, 0) is 16.0 Å². The highest BCUT2D eigenvalue weighted by molar-refractivity contribution is 5.95. The summed E-state index contributed by atoms with van der Waals surface area (Å²) in [7, 11) is 0. The number of carbonyl (C=O) groups is 2. The second-order valence-corrected chi connectivity index (χ2v) is 3.98. The fourth-order valence-electron chi connectivity index (χ4n) is 1.57. The highest BCUT2D eigenvalue weighted by atomic mass is 16.6. The zero-order chi connectivity index (χ0) is 15.1. The Morgan fingerprint density at radius 3 is 2.60 bits per heavy atom. The van der Waals surface area contributed by atoms with Crippen LogP contribution in [0.15, 0.2) is 18.2 Å². The van der Waals surface area contributed by atoms with Gasteiger partial charge in [0.15, 0.2) is 0 Å². The molecule has 8 nitrogen and oxygen atoms in total. The molecule has 0 radical (unpaired) electrons. The number of nitrogens with zero attached hydrogens (tertiary/aromatic N) is 1. The molecule has 0 aliphatic heterocycles. The van der Waals surface area contributed by atoms with Crippen molar-refractivity contribution in [3.8, 4) is 0 Å². The molecular formula is C12H16N4O4. The highest BCUT2D eigenvalue weighted by Gasteiger charge is 2.14. The number of aryl methyl sites for hydroxylation is 1. The number of nitrogens with two attached hydrogens (primary N) is 1. The van der Waals surface area contributed by atoms with Crippen molar-refractivity contribution in [1.29, 1.82) is 0 Å². The van der Waals surface area contributed by atoms with Gasteiger partial charge in [0.1, 0.15) is 0 Å². The van der Waals surface area contributed by atoms with Gasteiger partial charge in [-0.05, 0) is 12.5 Å². The number of amides is 2. The Morgan fingerprint density at radius 2 is 2.05 bits per heavy atom. The molecule has 0 saturated heterocycles. The first-order valence-electron chi connectivity index (χ1n) is 6.01. The number of nitro benzene ring substituents is 1. The minimum absolute atomic E-state index is 0.0451. The number of benzene rings is 1. The largest absolute Gasteiger partial charge is 0.346 e. The summed E-state index contributed by atoms with van der Waals surface area (Å²) >= 11 is 0. The first-order valence-corrected chi connectivity index (χ1v) is 6.01. The van der Waals surface area contributed by atoms with Gasteiger partial charge in [-0.3, -0.25) is 19.7 Å². The number of hydrogen-bond donors (Lipinski definition) is 3. The normalized spacial score (nSPS) is 9.90. The number of anilines is 1. The van der Waals surface area contributed by atoms with E-state index in [2.05, 4.69) is 10.6 Å². The van der Waals surface area contributed by atoms with E-state index in [4.69, 9.17) is 5.73 Å². The van der Waals surface area contributed by atoms with Crippen LogP contribution < -0.4 is 16.4 Å². The van der Waals surface area contributed by atoms with Crippen molar-refractivity contribution in [2.45, 2.75) is 13.3 Å². The Bertz CT molecular complexity index is 530. The minimum atomic E-state index is -0.495. The fraction of sp³-hybridized carbons (Fsp3) is 0.333. The maximum absolute atomic E-state index is 11.5. The summed E-state index contributed by atoms with van der Waals surface area (Å²) in [4.78, 5) is 32.8. The van der Waals surface area contributed by atoms with Crippen molar-refractivity contribution in [2.75, 3.05) is 18.4 Å². The van der Waals surface area contributed by atoms with Crippen LogP contribution in [0.1, 0.15) is 12.5 Å². The van der Waals surface area contributed by atoms with Crippen molar-refractivity contribution in [2.24, 2.45) is 5.73 Å². The Kier molecular flexibility index (Phi) is 5.60. The highest BCUT2D eigenvalue weighted by Crippen LogP contribution is 2.23. The van der Waals surface area contributed by atoms with Gasteiger partial charge in [-0.1, -0.05) is 13.0 Å². The summed E-state index contributed by atoms with van der Waals surface area (Å²) in [6.45, 7) is 1.37. The average molecular weight is 280 g/mol. The first-order chi connectivity index (χ1) is 9.47. The second kappa shape index (κ2) is 7.19. The Hall–Kier alpha value is -2.48. The van der Waals surface area contributed by atoms with Crippen molar-refractivity contribution in [1.82, 2.24) is 5.32 Å². The van der Waals surface area contributed by atoms with E-state index in [-0.39, 0.29) is 18.8 Å². The van der Waals surface area contributed by atoms with Crippen LogP contribution in [0, 0.1) is 10.1 Å². The molecule has 0 aliphatic carbocycles. The zero-order valence-electron chi connectivity index (χ0n) is 11.0. The Morgan fingerprint density at radius 1 is 1.35 bits per heavy atom. The molecule has 1 aromatic rings. The molecule has 0 spiro atoms. The van der Waals surface area contributed by atoms with Crippen molar-refractivity contribution in [3.05, 3.63) is 33.9 Å². The van der Waals surface area contributed by atoms with E-state index in [1.54, 1.807) is 12.1 Å². The van der Waals surface area contributed by atoms with Crippen LogP contribution >= 0.6 is 0 Å². The molecule has 0 aliphatic rings.